The van der Waals surface area contributed by atoms with Crippen molar-refractivity contribution in [2.24, 2.45) is 0 Å². The lowest BCUT2D eigenvalue weighted by Crippen LogP contribution is -2.02. The maximum Gasteiger partial charge on any atom is 0.229 e. The molecule has 0 saturated heterocycles. The van der Waals surface area contributed by atoms with E-state index in [-0.39, 0.29) is 0 Å². The molecule has 0 amide bonds. The summed E-state index contributed by atoms with van der Waals surface area (Å²) in [5.74, 6) is 1.76. The summed E-state index contributed by atoms with van der Waals surface area (Å²) in [6, 6.07) is 19.9. The van der Waals surface area contributed by atoms with E-state index >= 15 is 0 Å². The molecule has 0 fully saturated rings. The Morgan fingerprint density at radius 3 is 2.53 bits per heavy atom. The maximum atomic E-state index is 5.37. The minimum absolute atomic E-state index is 0.469. The van der Waals surface area contributed by atoms with Gasteiger partial charge < -0.3 is 14.8 Å². The van der Waals surface area contributed by atoms with Crippen molar-refractivity contribution < 1.29 is 9.47 Å². The van der Waals surface area contributed by atoms with E-state index in [1.807, 2.05) is 47.1 Å². The standard InChI is InChI=1S/C23H19N5O2/c1-29-20-11-10-17(12-21(20)30-2)26-23-24-13-16-14-25-28(22(16)27-23)19-9-5-7-15-6-3-4-8-18(15)19/h3-14H,1-2H3,(H,24,26,27). The van der Waals surface area contributed by atoms with Gasteiger partial charge in [0.2, 0.25) is 5.95 Å². The molecule has 0 radical (unpaired) electrons. The monoisotopic (exact) mass is 397 g/mol. The zero-order valence-corrected chi connectivity index (χ0v) is 16.5. The number of hydrogen-bond acceptors (Lipinski definition) is 6. The molecule has 0 bridgehead atoms. The highest BCUT2D eigenvalue weighted by Gasteiger charge is 2.12. The van der Waals surface area contributed by atoms with E-state index in [1.165, 1.54) is 0 Å². The summed E-state index contributed by atoms with van der Waals surface area (Å²) in [4.78, 5) is 9.14. The van der Waals surface area contributed by atoms with E-state index in [9.17, 15) is 0 Å². The largest absolute Gasteiger partial charge is 0.493 e. The van der Waals surface area contributed by atoms with Crippen LogP contribution in [0.4, 0.5) is 11.6 Å². The van der Waals surface area contributed by atoms with E-state index < -0.39 is 0 Å². The van der Waals surface area contributed by atoms with Crippen molar-refractivity contribution in [2.75, 3.05) is 19.5 Å². The van der Waals surface area contributed by atoms with Crippen LogP contribution in [-0.2, 0) is 0 Å². The van der Waals surface area contributed by atoms with E-state index in [0.29, 0.717) is 17.4 Å². The number of nitrogens with one attached hydrogen (secondary N) is 1. The third-order valence-electron chi connectivity index (χ3n) is 4.94. The highest BCUT2D eigenvalue weighted by atomic mass is 16.5. The first-order valence-electron chi connectivity index (χ1n) is 9.45. The number of anilines is 2. The summed E-state index contributed by atoms with van der Waals surface area (Å²) >= 11 is 0. The Labute approximate surface area is 172 Å². The summed E-state index contributed by atoms with van der Waals surface area (Å²) in [6.45, 7) is 0. The van der Waals surface area contributed by atoms with Gasteiger partial charge in [0, 0.05) is 23.3 Å². The van der Waals surface area contributed by atoms with Crippen molar-refractivity contribution in [3.8, 4) is 17.2 Å². The van der Waals surface area contributed by atoms with Gasteiger partial charge in [0.1, 0.15) is 0 Å². The first kappa shape index (κ1) is 17.9. The molecule has 0 spiro atoms. The van der Waals surface area contributed by atoms with Crippen LogP contribution in [0.2, 0.25) is 0 Å². The van der Waals surface area contributed by atoms with Crippen LogP contribution in [0.3, 0.4) is 0 Å². The normalized spacial score (nSPS) is 11.0. The quantitative estimate of drug-likeness (QED) is 0.462. The molecule has 0 aliphatic heterocycles. The van der Waals surface area contributed by atoms with Crippen LogP contribution in [0.5, 0.6) is 11.5 Å². The molecule has 148 valence electrons. The summed E-state index contributed by atoms with van der Waals surface area (Å²) in [5, 5.41) is 10.9. The van der Waals surface area contributed by atoms with Gasteiger partial charge in [-0.15, -0.1) is 0 Å². The molecule has 1 N–H and O–H groups in total. The van der Waals surface area contributed by atoms with Crippen LogP contribution in [0, 0.1) is 0 Å². The molecule has 30 heavy (non-hydrogen) atoms. The Hall–Kier alpha value is -4.13. The fourth-order valence-electron chi connectivity index (χ4n) is 3.49. The Kier molecular flexibility index (Phi) is 4.40. The number of nitrogens with zero attached hydrogens (tertiary/aromatic N) is 4. The van der Waals surface area contributed by atoms with Gasteiger partial charge in [-0.3, -0.25) is 0 Å². The van der Waals surface area contributed by atoms with Crippen LogP contribution in [0.1, 0.15) is 0 Å². The van der Waals surface area contributed by atoms with Crippen LogP contribution >= 0.6 is 0 Å². The SMILES string of the molecule is COc1ccc(Nc2ncc3cnn(-c4cccc5ccccc45)c3n2)cc1OC. The molecular weight excluding hydrogens is 378 g/mol. The lowest BCUT2D eigenvalue weighted by atomic mass is 10.1. The molecule has 7 heteroatoms. The number of fused-ring (bicyclic) bond motifs is 2. The number of aromatic nitrogens is 4. The fourth-order valence-corrected chi connectivity index (χ4v) is 3.49. The van der Waals surface area contributed by atoms with Gasteiger partial charge in [0.15, 0.2) is 17.1 Å². The van der Waals surface area contributed by atoms with Crippen molar-refractivity contribution >= 4 is 33.4 Å². The molecule has 0 atom stereocenters. The highest BCUT2D eigenvalue weighted by Crippen LogP contribution is 2.31. The molecule has 0 saturated carbocycles. The molecule has 5 aromatic rings. The van der Waals surface area contributed by atoms with Crippen molar-refractivity contribution in [1.82, 2.24) is 19.7 Å². The Balaban J connectivity index is 1.57. The third kappa shape index (κ3) is 3.06. The van der Waals surface area contributed by atoms with Crippen LogP contribution in [-0.4, -0.2) is 34.0 Å². The minimum Gasteiger partial charge on any atom is -0.493 e. The molecular formula is C23H19N5O2. The number of hydrogen-bond donors (Lipinski definition) is 1. The number of methoxy groups -OCH3 is 2. The summed E-state index contributed by atoms with van der Waals surface area (Å²) < 4.78 is 12.5. The molecule has 2 heterocycles. The molecule has 7 nitrogen and oxygen atoms in total. The average molecular weight is 397 g/mol. The van der Waals surface area contributed by atoms with Crippen molar-refractivity contribution in [2.45, 2.75) is 0 Å². The lowest BCUT2D eigenvalue weighted by molar-refractivity contribution is 0.355. The second kappa shape index (κ2) is 7.36. The van der Waals surface area contributed by atoms with Gasteiger partial charge in [-0.05, 0) is 23.6 Å². The van der Waals surface area contributed by atoms with E-state index in [0.717, 1.165) is 33.2 Å². The maximum absolute atomic E-state index is 5.37. The topological polar surface area (TPSA) is 74.1 Å². The molecule has 2 aromatic heterocycles. The number of benzene rings is 3. The van der Waals surface area contributed by atoms with Crippen LogP contribution < -0.4 is 14.8 Å². The molecule has 3 aromatic carbocycles. The van der Waals surface area contributed by atoms with Gasteiger partial charge in [0.25, 0.3) is 0 Å². The molecule has 5 rings (SSSR count). The second-order valence-electron chi connectivity index (χ2n) is 6.72. The van der Waals surface area contributed by atoms with Gasteiger partial charge in [0.05, 0.1) is 31.5 Å². The Bertz CT molecular complexity index is 1360. The smallest absolute Gasteiger partial charge is 0.229 e. The van der Waals surface area contributed by atoms with Gasteiger partial charge >= 0.3 is 0 Å². The fraction of sp³-hybridized carbons (Fsp3) is 0.0870. The van der Waals surface area contributed by atoms with E-state index in [1.54, 1.807) is 26.6 Å². The molecule has 0 aliphatic carbocycles. The lowest BCUT2D eigenvalue weighted by Gasteiger charge is -2.11. The Morgan fingerprint density at radius 1 is 0.833 bits per heavy atom. The molecule has 0 unspecified atom stereocenters. The highest BCUT2D eigenvalue weighted by molar-refractivity contribution is 5.91. The predicted molar refractivity (Wildman–Crippen MR) is 117 cm³/mol. The van der Waals surface area contributed by atoms with E-state index in [4.69, 9.17) is 14.5 Å². The summed E-state index contributed by atoms with van der Waals surface area (Å²) in [7, 11) is 3.21. The Morgan fingerprint density at radius 2 is 1.67 bits per heavy atom. The number of rotatable bonds is 5. The zero-order valence-electron chi connectivity index (χ0n) is 16.5. The third-order valence-corrected chi connectivity index (χ3v) is 4.94. The summed E-state index contributed by atoms with van der Waals surface area (Å²) in [6.07, 6.45) is 3.54. The second-order valence-corrected chi connectivity index (χ2v) is 6.72. The number of ether oxygens (including phenoxy) is 2. The predicted octanol–water partition coefficient (Wildman–Crippen LogP) is 4.73. The minimum atomic E-state index is 0.469. The van der Waals surface area contributed by atoms with Crippen LogP contribution in [0.25, 0.3) is 27.5 Å². The van der Waals surface area contributed by atoms with Crippen molar-refractivity contribution in [1.29, 1.82) is 0 Å². The zero-order chi connectivity index (χ0) is 20.5. The van der Waals surface area contributed by atoms with Crippen LogP contribution in [0.15, 0.2) is 73.1 Å². The first-order valence-corrected chi connectivity index (χ1v) is 9.45. The summed E-state index contributed by atoms with van der Waals surface area (Å²) in [5.41, 5.74) is 2.49. The van der Waals surface area contributed by atoms with E-state index in [2.05, 4.69) is 33.6 Å². The van der Waals surface area contributed by atoms with Gasteiger partial charge in [-0.25, -0.2) is 9.67 Å². The van der Waals surface area contributed by atoms with Crippen molar-refractivity contribution in [3.63, 3.8) is 0 Å². The average Bonchev–Trinajstić information content (AvgIpc) is 3.21. The van der Waals surface area contributed by atoms with Crippen molar-refractivity contribution in [3.05, 3.63) is 73.1 Å². The first-order chi connectivity index (χ1) is 14.8. The molecule has 0 aliphatic rings. The van der Waals surface area contributed by atoms with Gasteiger partial charge in [-0.1, -0.05) is 36.4 Å². The van der Waals surface area contributed by atoms with Gasteiger partial charge in [-0.2, -0.15) is 10.1 Å².